The number of carboxylic acids is 1. The highest BCUT2D eigenvalue weighted by Gasteiger charge is 2.05. The van der Waals surface area contributed by atoms with Gasteiger partial charge in [0, 0.05) is 11.8 Å². The molecule has 0 bridgehead atoms. The maximum atomic E-state index is 11.6. The van der Waals surface area contributed by atoms with Crippen molar-refractivity contribution in [1.82, 2.24) is 9.55 Å². The number of carbonyl (C=O) groups is 1. The van der Waals surface area contributed by atoms with Crippen LogP contribution in [0.3, 0.4) is 0 Å². The standard InChI is InChI=1S/C13H12N2O4/c1-8-6-15(13(19)14-11(8)16)7-9-3-2-4-10(5-9)12(17)18/h2-6H,7H2,1H3,(H,17,18)(H,14,16,19). The minimum Gasteiger partial charge on any atom is -0.478 e. The number of aromatic amines is 1. The van der Waals surface area contributed by atoms with Crippen LogP contribution < -0.4 is 11.2 Å². The molecule has 0 radical (unpaired) electrons. The lowest BCUT2D eigenvalue weighted by Crippen LogP contribution is -2.31. The van der Waals surface area contributed by atoms with Crippen LogP contribution in [0.2, 0.25) is 0 Å². The lowest BCUT2D eigenvalue weighted by molar-refractivity contribution is 0.0696. The van der Waals surface area contributed by atoms with Gasteiger partial charge in [-0.25, -0.2) is 9.59 Å². The van der Waals surface area contributed by atoms with Gasteiger partial charge < -0.3 is 5.11 Å². The Balaban J connectivity index is 2.39. The van der Waals surface area contributed by atoms with E-state index in [1.807, 2.05) is 0 Å². The van der Waals surface area contributed by atoms with E-state index in [1.165, 1.54) is 22.9 Å². The topological polar surface area (TPSA) is 92.2 Å². The highest BCUT2D eigenvalue weighted by Crippen LogP contribution is 2.06. The van der Waals surface area contributed by atoms with Crippen molar-refractivity contribution in [2.75, 3.05) is 0 Å². The molecule has 2 aromatic rings. The predicted octanol–water partition coefficient (Wildman–Crippen LogP) is 0.592. The van der Waals surface area contributed by atoms with Gasteiger partial charge in [-0.1, -0.05) is 12.1 Å². The summed E-state index contributed by atoms with van der Waals surface area (Å²) < 4.78 is 1.33. The summed E-state index contributed by atoms with van der Waals surface area (Å²) in [5.41, 5.74) is 0.325. The first-order valence-electron chi connectivity index (χ1n) is 5.60. The normalized spacial score (nSPS) is 10.4. The zero-order chi connectivity index (χ0) is 14.0. The van der Waals surface area contributed by atoms with Crippen molar-refractivity contribution >= 4 is 5.97 Å². The molecule has 0 unspecified atom stereocenters. The highest BCUT2D eigenvalue weighted by atomic mass is 16.4. The van der Waals surface area contributed by atoms with E-state index in [9.17, 15) is 14.4 Å². The van der Waals surface area contributed by atoms with E-state index >= 15 is 0 Å². The Hall–Kier alpha value is -2.63. The van der Waals surface area contributed by atoms with Crippen LogP contribution in [0.15, 0.2) is 40.1 Å². The van der Waals surface area contributed by atoms with Crippen LogP contribution in [0.5, 0.6) is 0 Å². The Kier molecular flexibility index (Phi) is 3.33. The van der Waals surface area contributed by atoms with E-state index < -0.39 is 17.2 Å². The molecule has 0 aliphatic rings. The van der Waals surface area contributed by atoms with E-state index in [-0.39, 0.29) is 12.1 Å². The summed E-state index contributed by atoms with van der Waals surface area (Å²) in [4.78, 5) is 35.9. The molecular formula is C13H12N2O4. The fourth-order valence-corrected chi connectivity index (χ4v) is 1.74. The molecule has 0 aliphatic carbocycles. The van der Waals surface area contributed by atoms with Gasteiger partial charge in [-0.15, -0.1) is 0 Å². The van der Waals surface area contributed by atoms with Crippen molar-refractivity contribution in [2.24, 2.45) is 0 Å². The van der Waals surface area contributed by atoms with E-state index in [0.29, 0.717) is 11.1 Å². The van der Waals surface area contributed by atoms with Crippen molar-refractivity contribution in [2.45, 2.75) is 13.5 Å². The summed E-state index contributed by atoms with van der Waals surface area (Å²) in [5.74, 6) is -1.02. The smallest absolute Gasteiger partial charge is 0.335 e. The number of aryl methyl sites for hydroxylation is 1. The van der Waals surface area contributed by atoms with Gasteiger partial charge >= 0.3 is 11.7 Å². The molecule has 1 aromatic heterocycles. The minimum absolute atomic E-state index is 0.159. The Morgan fingerprint density at radius 2 is 2.11 bits per heavy atom. The summed E-state index contributed by atoms with van der Waals surface area (Å²) in [6, 6.07) is 6.31. The van der Waals surface area contributed by atoms with Crippen molar-refractivity contribution < 1.29 is 9.90 Å². The van der Waals surface area contributed by atoms with Crippen LogP contribution in [-0.2, 0) is 6.54 Å². The van der Waals surface area contributed by atoms with Crippen LogP contribution >= 0.6 is 0 Å². The average molecular weight is 260 g/mol. The number of aromatic carboxylic acids is 1. The van der Waals surface area contributed by atoms with Crippen LogP contribution in [-0.4, -0.2) is 20.6 Å². The molecule has 2 rings (SSSR count). The van der Waals surface area contributed by atoms with Crippen LogP contribution in [0, 0.1) is 6.92 Å². The molecule has 0 saturated carbocycles. The maximum Gasteiger partial charge on any atom is 0.335 e. The van der Waals surface area contributed by atoms with E-state index in [4.69, 9.17) is 5.11 Å². The largest absolute Gasteiger partial charge is 0.478 e. The SMILES string of the molecule is Cc1cn(Cc2cccc(C(=O)O)c2)c(=O)[nH]c1=O. The van der Waals surface area contributed by atoms with Gasteiger partial charge in [-0.05, 0) is 24.6 Å². The zero-order valence-electron chi connectivity index (χ0n) is 10.2. The molecule has 1 aromatic carbocycles. The fraction of sp³-hybridized carbons (Fsp3) is 0.154. The summed E-state index contributed by atoms with van der Waals surface area (Å²) >= 11 is 0. The van der Waals surface area contributed by atoms with Gasteiger partial charge in [0.05, 0.1) is 12.1 Å². The number of aromatic nitrogens is 2. The van der Waals surface area contributed by atoms with E-state index in [2.05, 4.69) is 4.98 Å². The van der Waals surface area contributed by atoms with Gasteiger partial charge in [0.2, 0.25) is 0 Å². The molecule has 0 atom stereocenters. The summed E-state index contributed by atoms with van der Waals surface area (Å²) in [7, 11) is 0. The second kappa shape index (κ2) is 4.93. The zero-order valence-corrected chi connectivity index (χ0v) is 10.2. The molecule has 98 valence electrons. The fourth-order valence-electron chi connectivity index (χ4n) is 1.74. The average Bonchev–Trinajstić information content (AvgIpc) is 2.36. The van der Waals surface area contributed by atoms with Crippen molar-refractivity contribution in [3.63, 3.8) is 0 Å². The molecule has 6 heteroatoms. The number of nitrogens with one attached hydrogen (secondary N) is 1. The number of benzene rings is 1. The number of hydrogen-bond donors (Lipinski definition) is 2. The van der Waals surface area contributed by atoms with Crippen molar-refractivity contribution in [3.05, 3.63) is 68.0 Å². The van der Waals surface area contributed by atoms with Crippen molar-refractivity contribution in [3.8, 4) is 0 Å². The third-order valence-electron chi connectivity index (χ3n) is 2.72. The van der Waals surface area contributed by atoms with Crippen LogP contribution in [0.25, 0.3) is 0 Å². The second-order valence-electron chi connectivity index (χ2n) is 4.20. The van der Waals surface area contributed by atoms with E-state index in [1.54, 1.807) is 19.1 Å². The summed E-state index contributed by atoms with van der Waals surface area (Å²) in [5, 5.41) is 8.89. The van der Waals surface area contributed by atoms with Gasteiger partial charge in [0.1, 0.15) is 0 Å². The van der Waals surface area contributed by atoms with Gasteiger partial charge in [0.15, 0.2) is 0 Å². The molecule has 0 saturated heterocycles. The van der Waals surface area contributed by atoms with E-state index in [0.717, 1.165) is 0 Å². The first-order chi connectivity index (χ1) is 8.97. The first-order valence-corrected chi connectivity index (χ1v) is 5.60. The third kappa shape index (κ3) is 2.79. The maximum absolute atomic E-state index is 11.6. The molecule has 6 nitrogen and oxygen atoms in total. The lowest BCUT2D eigenvalue weighted by Gasteiger charge is -2.06. The third-order valence-corrected chi connectivity index (χ3v) is 2.72. The molecule has 1 heterocycles. The minimum atomic E-state index is -1.02. The molecule has 0 aliphatic heterocycles. The van der Waals surface area contributed by atoms with Gasteiger partial charge in [0.25, 0.3) is 5.56 Å². The Morgan fingerprint density at radius 3 is 2.79 bits per heavy atom. The molecule has 19 heavy (non-hydrogen) atoms. The quantitative estimate of drug-likeness (QED) is 0.844. The number of rotatable bonds is 3. The molecule has 2 N–H and O–H groups in total. The van der Waals surface area contributed by atoms with Crippen molar-refractivity contribution in [1.29, 1.82) is 0 Å². The number of nitrogens with zero attached hydrogens (tertiary/aromatic N) is 1. The Bertz CT molecular complexity index is 743. The number of hydrogen-bond acceptors (Lipinski definition) is 3. The first kappa shape index (κ1) is 12.8. The van der Waals surface area contributed by atoms with Gasteiger partial charge in [-0.2, -0.15) is 0 Å². The highest BCUT2D eigenvalue weighted by molar-refractivity contribution is 5.87. The Morgan fingerprint density at radius 1 is 1.37 bits per heavy atom. The molecule has 0 fully saturated rings. The second-order valence-corrected chi connectivity index (χ2v) is 4.20. The Labute approximate surface area is 108 Å². The monoisotopic (exact) mass is 260 g/mol. The summed E-state index contributed by atoms with van der Waals surface area (Å²) in [6.07, 6.45) is 1.45. The molecule has 0 amide bonds. The van der Waals surface area contributed by atoms with Crippen LogP contribution in [0.4, 0.5) is 0 Å². The number of H-pyrrole nitrogens is 1. The van der Waals surface area contributed by atoms with Crippen LogP contribution in [0.1, 0.15) is 21.5 Å². The summed E-state index contributed by atoms with van der Waals surface area (Å²) in [6.45, 7) is 1.81. The predicted molar refractivity (Wildman–Crippen MR) is 68.6 cm³/mol. The lowest BCUT2D eigenvalue weighted by atomic mass is 10.1. The molecular weight excluding hydrogens is 248 g/mol. The number of carboxylic acid groups (broad SMARTS) is 1. The molecule has 0 spiro atoms. The van der Waals surface area contributed by atoms with Gasteiger partial charge in [-0.3, -0.25) is 14.3 Å².